The molecule has 0 bridgehead atoms. The topological polar surface area (TPSA) is 69.4 Å². The highest BCUT2D eigenvalue weighted by molar-refractivity contribution is 5.95. The fraction of sp³-hybridized carbons (Fsp3) is 0.871. The number of ether oxygens (including phenoxy) is 1. The predicted octanol–water partition coefficient (Wildman–Crippen LogP) is 6.47. The van der Waals surface area contributed by atoms with Gasteiger partial charge in [0.25, 0.3) is 0 Å². The SMILES string of the molecule is COC(=O)[C@@]1(C)CC[C@]2(C)CC[C@]3(C)C(=CC(=O)[C@@H]4[C@@]5(C)CCC(N)C(C)(C)[C@@H]5CC[C@]43C)C2C1. The van der Waals surface area contributed by atoms with Gasteiger partial charge in [-0.1, -0.05) is 47.1 Å². The molecule has 9 atom stereocenters. The normalized spacial score (nSPS) is 52.8. The van der Waals surface area contributed by atoms with E-state index in [1.54, 1.807) is 0 Å². The lowest BCUT2D eigenvalue weighted by Crippen LogP contribution is -2.67. The minimum atomic E-state index is -0.466. The molecule has 0 amide bonds. The van der Waals surface area contributed by atoms with Crippen LogP contribution in [0.25, 0.3) is 0 Å². The number of allylic oxidation sites excluding steroid dienone is 2. The Bertz CT molecular complexity index is 984. The standard InChI is InChI=1S/C31H49NO3/c1-26(2)22-9-12-31(7)24(29(22,5)11-10-23(26)32)21(33)17-19-20-18-28(4,25(34)35-8)14-13-27(20,3)15-16-30(19,31)6/h17,20,22-24H,9-16,18,32H2,1-8H3/t20?,22-,23?,24+,27+,28-,29-,30+,31+/m0/s1. The first-order valence-electron chi connectivity index (χ1n) is 14.2. The molecule has 2 unspecified atom stereocenters. The van der Waals surface area contributed by atoms with Crippen molar-refractivity contribution in [3.63, 3.8) is 0 Å². The Morgan fingerprint density at radius 2 is 1.60 bits per heavy atom. The molecule has 5 aliphatic carbocycles. The smallest absolute Gasteiger partial charge is 0.311 e. The number of hydrogen-bond acceptors (Lipinski definition) is 4. The van der Waals surface area contributed by atoms with Gasteiger partial charge in [0, 0.05) is 12.0 Å². The second-order valence-corrected chi connectivity index (χ2v) is 15.2. The lowest BCUT2D eigenvalue weighted by atomic mass is 9.33. The zero-order chi connectivity index (χ0) is 25.8. The van der Waals surface area contributed by atoms with Crippen LogP contribution in [0.5, 0.6) is 0 Å². The fourth-order valence-corrected chi connectivity index (χ4v) is 10.6. The average Bonchev–Trinajstić information content (AvgIpc) is 2.78. The summed E-state index contributed by atoms with van der Waals surface area (Å²) in [4.78, 5) is 27.1. The zero-order valence-corrected chi connectivity index (χ0v) is 23.6. The lowest BCUT2D eigenvalue weighted by molar-refractivity contribution is -0.188. The average molecular weight is 484 g/mol. The van der Waals surface area contributed by atoms with Gasteiger partial charge in [0.2, 0.25) is 0 Å². The number of esters is 1. The number of methoxy groups -OCH3 is 1. The van der Waals surface area contributed by atoms with Crippen LogP contribution in [0.1, 0.15) is 106 Å². The Labute approximate surface area is 213 Å². The van der Waals surface area contributed by atoms with Crippen molar-refractivity contribution in [1.82, 2.24) is 0 Å². The number of carbonyl (C=O) groups excluding carboxylic acids is 2. The fourth-order valence-electron chi connectivity index (χ4n) is 10.6. The summed E-state index contributed by atoms with van der Waals surface area (Å²) >= 11 is 0. The minimum Gasteiger partial charge on any atom is -0.469 e. The predicted molar refractivity (Wildman–Crippen MR) is 139 cm³/mol. The van der Waals surface area contributed by atoms with Gasteiger partial charge < -0.3 is 10.5 Å². The molecule has 5 rings (SSSR count). The van der Waals surface area contributed by atoms with Crippen molar-refractivity contribution in [1.29, 1.82) is 0 Å². The van der Waals surface area contributed by atoms with Crippen LogP contribution >= 0.6 is 0 Å². The first-order valence-corrected chi connectivity index (χ1v) is 14.2. The Hall–Kier alpha value is -1.16. The van der Waals surface area contributed by atoms with Crippen LogP contribution in [-0.4, -0.2) is 24.9 Å². The molecule has 4 saturated carbocycles. The molecular formula is C31H49NO3. The van der Waals surface area contributed by atoms with E-state index in [-0.39, 0.29) is 50.9 Å². The lowest BCUT2D eigenvalue weighted by Gasteiger charge is -2.70. The minimum absolute atomic E-state index is 0.0116. The van der Waals surface area contributed by atoms with Gasteiger partial charge in [0.05, 0.1) is 12.5 Å². The molecule has 196 valence electrons. The number of carbonyl (C=O) groups is 2. The van der Waals surface area contributed by atoms with Gasteiger partial charge in [-0.25, -0.2) is 0 Å². The molecule has 0 radical (unpaired) electrons. The van der Waals surface area contributed by atoms with Gasteiger partial charge in [-0.05, 0) is 110 Å². The van der Waals surface area contributed by atoms with Gasteiger partial charge >= 0.3 is 5.97 Å². The van der Waals surface area contributed by atoms with Crippen LogP contribution in [0.2, 0.25) is 0 Å². The van der Waals surface area contributed by atoms with Crippen LogP contribution in [0.15, 0.2) is 11.6 Å². The molecule has 0 spiro atoms. The number of ketones is 1. The third-order valence-electron chi connectivity index (χ3n) is 13.4. The third-order valence-corrected chi connectivity index (χ3v) is 13.4. The first kappa shape index (κ1) is 25.5. The summed E-state index contributed by atoms with van der Waals surface area (Å²) in [7, 11) is 1.51. The summed E-state index contributed by atoms with van der Waals surface area (Å²) < 4.78 is 5.26. The van der Waals surface area contributed by atoms with E-state index in [9.17, 15) is 9.59 Å². The second-order valence-electron chi connectivity index (χ2n) is 15.2. The van der Waals surface area contributed by atoms with Crippen LogP contribution in [0.4, 0.5) is 0 Å². The van der Waals surface area contributed by atoms with Crippen LogP contribution in [0, 0.1) is 50.2 Å². The molecule has 4 heteroatoms. The van der Waals surface area contributed by atoms with Crippen molar-refractivity contribution in [2.75, 3.05) is 7.11 Å². The molecular weight excluding hydrogens is 434 g/mol. The molecule has 5 aliphatic rings. The summed E-state index contributed by atoms with van der Waals surface area (Å²) in [5.74, 6) is 1.06. The van der Waals surface area contributed by atoms with Crippen molar-refractivity contribution >= 4 is 11.8 Å². The summed E-state index contributed by atoms with van der Waals surface area (Å²) in [5.41, 5.74) is 7.68. The Kier molecular flexibility index (Phi) is 5.43. The molecule has 4 nitrogen and oxygen atoms in total. The maximum atomic E-state index is 14.3. The number of nitrogens with two attached hydrogens (primary N) is 1. The Morgan fingerprint density at radius 1 is 0.943 bits per heavy atom. The van der Waals surface area contributed by atoms with E-state index in [2.05, 4.69) is 54.5 Å². The molecule has 35 heavy (non-hydrogen) atoms. The number of hydrogen-bond donors (Lipinski definition) is 1. The van der Waals surface area contributed by atoms with E-state index in [0.717, 1.165) is 51.4 Å². The van der Waals surface area contributed by atoms with E-state index >= 15 is 0 Å². The number of fused-ring (bicyclic) bond motifs is 7. The zero-order valence-electron chi connectivity index (χ0n) is 23.6. The molecule has 0 aromatic carbocycles. The van der Waals surface area contributed by atoms with E-state index in [0.29, 0.717) is 11.7 Å². The molecule has 0 aromatic heterocycles. The van der Waals surface area contributed by atoms with Crippen LogP contribution in [0.3, 0.4) is 0 Å². The molecule has 0 aliphatic heterocycles. The van der Waals surface area contributed by atoms with Gasteiger partial charge in [-0.15, -0.1) is 0 Å². The van der Waals surface area contributed by atoms with Gasteiger partial charge in [-0.3, -0.25) is 9.59 Å². The van der Waals surface area contributed by atoms with Crippen molar-refractivity contribution in [3.8, 4) is 0 Å². The van der Waals surface area contributed by atoms with Crippen molar-refractivity contribution in [2.24, 2.45) is 56.0 Å². The van der Waals surface area contributed by atoms with Crippen molar-refractivity contribution in [2.45, 2.75) is 112 Å². The van der Waals surface area contributed by atoms with Crippen LogP contribution in [-0.2, 0) is 14.3 Å². The van der Waals surface area contributed by atoms with Gasteiger partial charge in [0.1, 0.15) is 0 Å². The van der Waals surface area contributed by atoms with Gasteiger partial charge in [0.15, 0.2) is 5.78 Å². The molecule has 0 aromatic rings. The maximum absolute atomic E-state index is 14.3. The largest absolute Gasteiger partial charge is 0.469 e. The van der Waals surface area contributed by atoms with E-state index < -0.39 is 5.41 Å². The third kappa shape index (κ3) is 3.07. The van der Waals surface area contributed by atoms with E-state index in [1.807, 2.05) is 0 Å². The summed E-state index contributed by atoms with van der Waals surface area (Å²) in [6.45, 7) is 16.6. The molecule has 4 fully saturated rings. The first-order chi connectivity index (χ1) is 16.1. The monoisotopic (exact) mass is 483 g/mol. The Morgan fingerprint density at radius 3 is 2.26 bits per heavy atom. The van der Waals surface area contributed by atoms with Crippen molar-refractivity contribution < 1.29 is 14.3 Å². The maximum Gasteiger partial charge on any atom is 0.311 e. The molecule has 0 saturated heterocycles. The second kappa shape index (κ2) is 7.45. The Balaban J connectivity index is 1.61. The highest BCUT2D eigenvalue weighted by Crippen LogP contribution is 2.75. The summed E-state index contributed by atoms with van der Waals surface area (Å²) in [6.07, 6.45) is 11.4. The highest BCUT2D eigenvalue weighted by Gasteiger charge is 2.70. The molecule has 2 N–H and O–H groups in total. The number of rotatable bonds is 1. The molecule has 0 heterocycles. The van der Waals surface area contributed by atoms with E-state index in [1.165, 1.54) is 19.1 Å². The van der Waals surface area contributed by atoms with Crippen molar-refractivity contribution in [3.05, 3.63) is 11.6 Å². The highest BCUT2D eigenvalue weighted by atomic mass is 16.5. The summed E-state index contributed by atoms with van der Waals surface area (Å²) in [6, 6.07) is 0.207. The van der Waals surface area contributed by atoms with E-state index in [4.69, 9.17) is 10.5 Å². The quantitative estimate of drug-likeness (QED) is 0.434. The summed E-state index contributed by atoms with van der Waals surface area (Å²) in [5, 5.41) is 0. The van der Waals surface area contributed by atoms with Crippen LogP contribution < -0.4 is 5.73 Å². The van der Waals surface area contributed by atoms with Gasteiger partial charge in [-0.2, -0.15) is 0 Å².